The predicted molar refractivity (Wildman–Crippen MR) is 109 cm³/mol. The Bertz CT molecular complexity index is 661. The molecule has 2 saturated heterocycles. The summed E-state index contributed by atoms with van der Waals surface area (Å²) in [6.07, 6.45) is 17.1. The molecule has 5 fully saturated rings. The summed E-state index contributed by atoms with van der Waals surface area (Å²) in [6, 6.07) is 0. The second kappa shape index (κ2) is 6.31. The van der Waals surface area contributed by atoms with Crippen LogP contribution >= 0.6 is 0 Å². The number of fused-ring (bicyclic) bond motifs is 6. The highest BCUT2D eigenvalue weighted by atomic mass is 16.7. The van der Waals surface area contributed by atoms with E-state index in [1.165, 1.54) is 57.8 Å². The van der Waals surface area contributed by atoms with Crippen molar-refractivity contribution in [3.05, 3.63) is 11.6 Å². The van der Waals surface area contributed by atoms with E-state index in [4.69, 9.17) is 14.2 Å². The van der Waals surface area contributed by atoms with E-state index in [0.717, 1.165) is 43.8 Å². The molecule has 8 atom stereocenters. The summed E-state index contributed by atoms with van der Waals surface area (Å²) in [5.41, 5.74) is 2.87. The van der Waals surface area contributed by atoms with Crippen LogP contribution in [0.2, 0.25) is 0 Å². The number of hydrogen-bond donors (Lipinski definition) is 0. The van der Waals surface area contributed by atoms with Gasteiger partial charge in [-0.05, 0) is 93.8 Å². The molecule has 0 N–H and O–H groups in total. The van der Waals surface area contributed by atoms with Crippen LogP contribution in [0.3, 0.4) is 0 Å². The molecule has 0 bridgehead atoms. The van der Waals surface area contributed by atoms with E-state index in [1.807, 2.05) is 0 Å². The van der Waals surface area contributed by atoms with Crippen LogP contribution in [-0.2, 0) is 14.2 Å². The molecule has 1 spiro atoms. The van der Waals surface area contributed by atoms with Gasteiger partial charge in [-0.25, -0.2) is 0 Å². The third kappa shape index (κ3) is 2.51. The average molecular weight is 387 g/mol. The summed E-state index contributed by atoms with van der Waals surface area (Å²) < 4.78 is 18.3. The minimum atomic E-state index is 0.0589. The van der Waals surface area contributed by atoms with Gasteiger partial charge in [0.25, 0.3) is 0 Å². The Labute approximate surface area is 170 Å². The molecule has 2 aliphatic heterocycles. The van der Waals surface area contributed by atoms with Crippen molar-refractivity contribution < 1.29 is 14.2 Å². The van der Waals surface area contributed by atoms with Gasteiger partial charge >= 0.3 is 0 Å². The van der Waals surface area contributed by atoms with E-state index in [9.17, 15) is 0 Å². The van der Waals surface area contributed by atoms with Crippen LogP contribution < -0.4 is 0 Å². The van der Waals surface area contributed by atoms with Crippen molar-refractivity contribution in [3.63, 3.8) is 0 Å². The zero-order valence-electron chi connectivity index (χ0n) is 17.9. The van der Waals surface area contributed by atoms with Crippen LogP contribution in [-0.4, -0.2) is 31.2 Å². The lowest BCUT2D eigenvalue weighted by Crippen LogP contribution is -2.52. The topological polar surface area (TPSA) is 31.0 Å². The number of hydrogen-bond acceptors (Lipinski definition) is 3. The maximum atomic E-state index is 6.40. The van der Waals surface area contributed by atoms with Crippen LogP contribution in [0, 0.1) is 28.6 Å². The van der Waals surface area contributed by atoms with Gasteiger partial charge in [0.15, 0.2) is 6.29 Å². The lowest BCUT2D eigenvalue weighted by molar-refractivity contribution is -0.195. The van der Waals surface area contributed by atoms with Crippen molar-refractivity contribution in [2.24, 2.45) is 28.6 Å². The fourth-order valence-corrected chi connectivity index (χ4v) is 8.43. The maximum Gasteiger partial charge on any atom is 0.157 e. The van der Waals surface area contributed by atoms with Gasteiger partial charge in [0.2, 0.25) is 0 Å². The molecule has 6 rings (SSSR count). The van der Waals surface area contributed by atoms with E-state index in [0.29, 0.717) is 16.9 Å². The molecule has 0 unspecified atom stereocenters. The fourth-order valence-electron chi connectivity index (χ4n) is 8.43. The molecule has 6 aliphatic rings. The van der Waals surface area contributed by atoms with Crippen molar-refractivity contribution in [2.45, 2.75) is 102 Å². The molecule has 0 amide bonds. The predicted octanol–water partition coefficient (Wildman–Crippen LogP) is 5.63. The zero-order valence-corrected chi connectivity index (χ0v) is 17.9. The lowest BCUT2D eigenvalue weighted by atomic mass is 9.47. The van der Waals surface area contributed by atoms with Crippen molar-refractivity contribution in [1.29, 1.82) is 0 Å². The van der Waals surface area contributed by atoms with Gasteiger partial charge in [-0.2, -0.15) is 0 Å². The second-order valence-electron chi connectivity index (χ2n) is 11.3. The zero-order chi connectivity index (χ0) is 19.0. The van der Waals surface area contributed by atoms with Crippen molar-refractivity contribution >= 4 is 0 Å². The molecule has 3 nitrogen and oxygen atoms in total. The molecule has 28 heavy (non-hydrogen) atoms. The van der Waals surface area contributed by atoms with Gasteiger partial charge in [0.1, 0.15) is 0 Å². The van der Waals surface area contributed by atoms with Crippen LogP contribution in [0.5, 0.6) is 0 Å². The van der Waals surface area contributed by atoms with E-state index in [2.05, 4.69) is 19.9 Å². The Morgan fingerprint density at radius 2 is 1.86 bits per heavy atom. The average Bonchev–Trinajstić information content (AvgIpc) is 3.43. The molecule has 0 aromatic heterocycles. The van der Waals surface area contributed by atoms with Gasteiger partial charge in [-0.15, -0.1) is 0 Å². The first kappa shape index (κ1) is 18.4. The molecule has 0 aromatic rings. The van der Waals surface area contributed by atoms with E-state index < -0.39 is 0 Å². The van der Waals surface area contributed by atoms with Gasteiger partial charge < -0.3 is 14.2 Å². The Hall–Kier alpha value is -0.380. The molecule has 0 aromatic carbocycles. The SMILES string of the molecule is C[C@]12CC[C@@H](O[C@@H]3CCCCO3)CC1=CC[C@H]1[C@H]2CC[C@@]2(C)[C@@H]1CC[C@@]21CO1. The third-order valence-electron chi connectivity index (χ3n) is 10.3. The summed E-state index contributed by atoms with van der Waals surface area (Å²) in [6.45, 7) is 7.10. The van der Waals surface area contributed by atoms with Gasteiger partial charge in [-0.3, -0.25) is 0 Å². The number of allylic oxidation sites excluding steroid dienone is 1. The minimum Gasteiger partial charge on any atom is -0.369 e. The molecule has 4 aliphatic carbocycles. The summed E-state index contributed by atoms with van der Waals surface area (Å²) in [4.78, 5) is 0. The highest BCUT2D eigenvalue weighted by molar-refractivity contribution is 5.27. The first-order valence-corrected chi connectivity index (χ1v) is 12.1. The largest absolute Gasteiger partial charge is 0.369 e. The standard InChI is InChI=1S/C25H38O3/c1-23-11-8-18(28-22-5-3-4-14-26-22)15-17(23)6-7-19-20(23)9-12-24(2)21(19)10-13-25(24)16-27-25/h6,18-22H,3-5,7-16H2,1-2H3/t18-,19+,20-,21-,22-,23+,24+,25-/m1/s1. The first-order valence-electron chi connectivity index (χ1n) is 12.1. The summed E-state index contributed by atoms with van der Waals surface area (Å²) in [5.74, 6) is 2.65. The van der Waals surface area contributed by atoms with Crippen LogP contribution in [0.25, 0.3) is 0 Å². The molecule has 3 heteroatoms. The second-order valence-corrected chi connectivity index (χ2v) is 11.3. The maximum absolute atomic E-state index is 6.40. The molecule has 3 saturated carbocycles. The molecule has 2 heterocycles. The Morgan fingerprint density at radius 3 is 2.64 bits per heavy atom. The normalized spacial score (nSPS) is 55.2. The number of ether oxygens (including phenoxy) is 3. The van der Waals surface area contributed by atoms with Crippen molar-refractivity contribution in [3.8, 4) is 0 Å². The monoisotopic (exact) mass is 386 g/mol. The highest BCUT2D eigenvalue weighted by Gasteiger charge is 2.69. The Morgan fingerprint density at radius 1 is 1.00 bits per heavy atom. The lowest BCUT2D eigenvalue weighted by Gasteiger charge is -2.58. The van der Waals surface area contributed by atoms with Crippen LogP contribution in [0.1, 0.15) is 84.5 Å². The number of rotatable bonds is 2. The molecular formula is C25H38O3. The highest BCUT2D eigenvalue weighted by Crippen LogP contribution is 2.70. The van der Waals surface area contributed by atoms with Gasteiger partial charge in [0.05, 0.1) is 18.3 Å². The summed E-state index contributed by atoms with van der Waals surface area (Å²) in [5, 5.41) is 0. The van der Waals surface area contributed by atoms with Gasteiger partial charge in [-0.1, -0.05) is 25.5 Å². The smallest absolute Gasteiger partial charge is 0.157 e. The molecule has 156 valence electrons. The van der Waals surface area contributed by atoms with Gasteiger partial charge in [0, 0.05) is 12.0 Å². The van der Waals surface area contributed by atoms with Crippen LogP contribution in [0.15, 0.2) is 11.6 Å². The van der Waals surface area contributed by atoms with E-state index >= 15 is 0 Å². The quantitative estimate of drug-likeness (QED) is 0.455. The molecular weight excluding hydrogens is 348 g/mol. The van der Waals surface area contributed by atoms with E-state index in [1.54, 1.807) is 5.57 Å². The van der Waals surface area contributed by atoms with Crippen molar-refractivity contribution in [1.82, 2.24) is 0 Å². The first-order chi connectivity index (χ1) is 13.5. The number of epoxide rings is 1. The Kier molecular flexibility index (Phi) is 4.15. The summed E-state index contributed by atoms with van der Waals surface area (Å²) >= 11 is 0. The fraction of sp³-hybridized carbons (Fsp3) is 0.920. The van der Waals surface area contributed by atoms with Crippen LogP contribution in [0.4, 0.5) is 0 Å². The third-order valence-corrected chi connectivity index (χ3v) is 10.3. The molecule has 0 radical (unpaired) electrons. The minimum absolute atomic E-state index is 0.0589. The van der Waals surface area contributed by atoms with Crippen molar-refractivity contribution in [2.75, 3.05) is 13.2 Å². The Balaban J connectivity index is 1.20. The summed E-state index contributed by atoms with van der Waals surface area (Å²) in [7, 11) is 0. The van der Waals surface area contributed by atoms with E-state index in [-0.39, 0.29) is 11.9 Å².